The molecule has 0 aliphatic carbocycles. The number of hydrogen-bond acceptors (Lipinski definition) is 3. The molecule has 0 saturated carbocycles. The summed E-state index contributed by atoms with van der Waals surface area (Å²) in [6.45, 7) is 0. The number of fused-ring (bicyclic) bond motifs is 1. The number of nitrogens with one attached hydrogen (secondary N) is 2. The van der Waals surface area contributed by atoms with Crippen LogP contribution in [0.25, 0.3) is 10.9 Å². The molecule has 1 aliphatic rings. The van der Waals surface area contributed by atoms with Crippen molar-refractivity contribution in [2.45, 2.75) is 6.04 Å². The molecule has 124 valence electrons. The number of rotatable bonds is 3. The van der Waals surface area contributed by atoms with E-state index in [1.54, 1.807) is 30.5 Å². The predicted octanol–water partition coefficient (Wildman–Crippen LogP) is 2.81. The number of carbonyl (C=O) groups excluding carboxylic acids is 2. The lowest BCUT2D eigenvalue weighted by Gasteiger charge is -2.28. The topological polar surface area (TPSA) is 77.6 Å². The lowest BCUT2D eigenvalue weighted by molar-refractivity contribution is -0.133. The maximum absolute atomic E-state index is 12.7. The number of hydrogen-bond donors (Lipinski definition) is 2. The van der Waals surface area contributed by atoms with Crippen molar-refractivity contribution in [2.24, 2.45) is 5.10 Å². The average molecular weight is 353 g/mol. The Balaban J connectivity index is 1.77. The summed E-state index contributed by atoms with van der Waals surface area (Å²) in [6.07, 6.45) is 2.29. The third kappa shape index (κ3) is 2.66. The molecule has 0 saturated heterocycles. The first-order valence-electron chi connectivity index (χ1n) is 7.62. The summed E-state index contributed by atoms with van der Waals surface area (Å²) in [5.74, 6) is -0.0124. The van der Waals surface area contributed by atoms with Gasteiger partial charge in [0.1, 0.15) is 0 Å². The summed E-state index contributed by atoms with van der Waals surface area (Å²) in [7, 11) is 0. The Labute approximate surface area is 148 Å². The monoisotopic (exact) mass is 352 g/mol. The van der Waals surface area contributed by atoms with Gasteiger partial charge < -0.3 is 10.3 Å². The molecule has 0 spiro atoms. The van der Waals surface area contributed by atoms with Crippen LogP contribution in [0.1, 0.15) is 17.2 Å². The van der Waals surface area contributed by atoms with E-state index in [1.165, 1.54) is 0 Å². The van der Waals surface area contributed by atoms with E-state index in [0.29, 0.717) is 28.4 Å². The van der Waals surface area contributed by atoms with Crippen LogP contribution < -0.4 is 5.32 Å². The fraction of sp³-hybridized carbons (Fsp3) is 0.0556. The Morgan fingerprint density at radius 3 is 2.64 bits per heavy atom. The van der Waals surface area contributed by atoms with Gasteiger partial charge in [-0.25, -0.2) is 5.01 Å². The molecule has 2 amide bonds. The molecule has 2 N–H and O–H groups in total. The second kappa shape index (κ2) is 6.07. The van der Waals surface area contributed by atoms with Crippen LogP contribution in [0, 0.1) is 0 Å². The third-order valence-corrected chi connectivity index (χ3v) is 4.36. The van der Waals surface area contributed by atoms with E-state index in [1.807, 2.05) is 24.3 Å². The molecule has 1 atom stereocenters. The Morgan fingerprint density at radius 1 is 1.12 bits per heavy atom. The minimum atomic E-state index is -0.829. The quantitative estimate of drug-likeness (QED) is 0.711. The fourth-order valence-corrected chi connectivity index (χ4v) is 3.06. The second-order valence-corrected chi connectivity index (χ2v) is 6.06. The maximum atomic E-state index is 12.7. The molecule has 2 heterocycles. The van der Waals surface area contributed by atoms with Gasteiger partial charge in [-0.2, -0.15) is 5.10 Å². The van der Waals surface area contributed by atoms with Gasteiger partial charge >= 0.3 is 0 Å². The van der Waals surface area contributed by atoms with Gasteiger partial charge in [-0.3, -0.25) is 9.59 Å². The van der Waals surface area contributed by atoms with Gasteiger partial charge in [0.05, 0.1) is 0 Å². The molecular formula is C18H13ClN4O2. The van der Waals surface area contributed by atoms with E-state index in [2.05, 4.69) is 15.4 Å². The van der Waals surface area contributed by atoms with E-state index < -0.39 is 6.04 Å². The van der Waals surface area contributed by atoms with Crippen LogP contribution in [0.2, 0.25) is 5.02 Å². The first kappa shape index (κ1) is 15.4. The number of halogens is 1. The van der Waals surface area contributed by atoms with Crippen LogP contribution in [0.4, 0.5) is 0 Å². The van der Waals surface area contributed by atoms with E-state index in [-0.39, 0.29) is 5.91 Å². The van der Waals surface area contributed by atoms with Gasteiger partial charge in [0.15, 0.2) is 11.9 Å². The molecule has 0 bridgehead atoms. The third-order valence-electron chi connectivity index (χ3n) is 4.11. The Kier molecular flexibility index (Phi) is 3.74. The lowest BCUT2D eigenvalue weighted by atomic mass is 10.0. The molecule has 6 nitrogen and oxygen atoms in total. The lowest BCUT2D eigenvalue weighted by Crippen LogP contribution is -2.46. The Morgan fingerprint density at radius 2 is 1.88 bits per heavy atom. The van der Waals surface area contributed by atoms with Gasteiger partial charge in [0.25, 0.3) is 5.91 Å². The Hall–Kier alpha value is -3.12. The first-order valence-corrected chi connectivity index (χ1v) is 8.00. The maximum Gasteiger partial charge on any atom is 0.255 e. The number of hydrazone groups is 1. The molecule has 2 aromatic carbocycles. The highest BCUT2D eigenvalue weighted by molar-refractivity contribution is 6.30. The number of amides is 2. The minimum Gasteiger partial charge on any atom is -0.361 e. The summed E-state index contributed by atoms with van der Waals surface area (Å²) in [4.78, 5) is 27.4. The van der Waals surface area contributed by atoms with Crippen LogP contribution in [0.3, 0.4) is 0 Å². The normalized spacial score (nSPS) is 17.3. The zero-order chi connectivity index (χ0) is 17.4. The predicted molar refractivity (Wildman–Crippen MR) is 95.1 cm³/mol. The van der Waals surface area contributed by atoms with Crippen molar-refractivity contribution in [1.29, 1.82) is 0 Å². The number of aromatic amines is 1. The number of nitrogens with zero attached hydrogens (tertiary/aromatic N) is 2. The van der Waals surface area contributed by atoms with Crippen LogP contribution in [0.5, 0.6) is 0 Å². The molecule has 0 unspecified atom stereocenters. The van der Waals surface area contributed by atoms with Crippen LogP contribution in [0.15, 0.2) is 59.8 Å². The van der Waals surface area contributed by atoms with Crippen LogP contribution in [-0.2, 0) is 9.59 Å². The number of para-hydroxylation sites is 1. The van der Waals surface area contributed by atoms with Crippen molar-refractivity contribution in [3.8, 4) is 0 Å². The summed E-state index contributed by atoms with van der Waals surface area (Å²) in [6, 6.07) is 13.6. The van der Waals surface area contributed by atoms with Gasteiger partial charge in [0, 0.05) is 33.2 Å². The number of aromatic nitrogens is 1. The molecule has 0 radical (unpaired) electrons. The summed E-state index contributed by atoms with van der Waals surface area (Å²) >= 11 is 5.88. The standard InChI is InChI=1S/C18H13ClN4O2/c19-12-7-5-11(6-8-12)17-21-18(25)16(23(10-24)22-17)14-9-20-15-4-2-1-3-13(14)15/h1-10,16,20H,(H,21,22,25)/t16-/m0/s1. The van der Waals surface area contributed by atoms with Crippen molar-refractivity contribution in [3.63, 3.8) is 0 Å². The Bertz CT molecular complexity index is 994. The van der Waals surface area contributed by atoms with Crippen molar-refractivity contribution in [2.75, 3.05) is 0 Å². The number of carbonyl (C=O) groups is 2. The van der Waals surface area contributed by atoms with Crippen molar-refractivity contribution in [3.05, 3.63) is 70.9 Å². The molecular weight excluding hydrogens is 340 g/mol. The number of benzene rings is 2. The SMILES string of the molecule is O=CN1N=C(c2ccc(Cl)cc2)NC(=O)[C@@H]1c1c[nH]c2ccccc12. The van der Waals surface area contributed by atoms with E-state index in [9.17, 15) is 9.59 Å². The van der Waals surface area contributed by atoms with Gasteiger partial charge in [-0.1, -0.05) is 29.8 Å². The zero-order valence-electron chi connectivity index (χ0n) is 12.9. The first-order chi connectivity index (χ1) is 12.2. The highest BCUT2D eigenvalue weighted by Gasteiger charge is 2.34. The van der Waals surface area contributed by atoms with E-state index in [0.717, 1.165) is 15.9 Å². The molecule has 25 heavy (non-hydrogen) atoms. The van der Waals surface area contributed by atoms with Crippen LogP contribution >= 0.6 is 11.6 Å². The second-order valence-electron chi connectivity index (χ2n) is 5.62. The van der Waals surface area contributed by atoms with Crippen molar-refractivity contribution >= 4 is 40.7 Å². The molecule has 7 heteroatoms. The van der Waals surface area contributed by atoms with Gasteiger partial charge in [0.2, 0.25) is 6.41 Å². The van der Waals surface area contributed by atoms with Crippen molar-refractivity contribution in [1.82, 2.24) is 15.3 Å². The molecule has 4 rings (SSSR count). The van der Waals surface area contributed by atoms with Crippen LogP contribution in [-0.4, -0.2) is 28.1 Å². The number of H-pyrrole nitrogens is 1. The van der Waals surface area contributed by atoms with Gasteiger partial charge in [-0.15, -0.1) is 0 Å². The summed E-state index contributed by atoms with van der Waals surface area (Å²) in [5.41, 5.74) is 2.25. The molecule has 0 fully saturated rings. The van der Waals surface area contributed by atoms with Crippen molar-refractivity contribution < 1.29 is 9.59 Å². The zero-order valence-corrected chi connectivity index (χ0v) is 13.7. The summed E-state index contributed by atoms with van der Waals surface area (Å²) in [5, 5.41) is 9.65. The molecule has 1 aliphatic heterocycles. The fourth-order valence-electron chi connectivity index (χ4n) is 2.93. The van der Waals surface area contributed by atoms with E-state index >= 15 is 0 Å². The smallest absolute Gasteiger partial charge is 0.255 e. The van der Waals surface area contributed by atoms with Gasteiger partial charge in [-0.05, 0) is 30.3 Å². The van der Waals surface area contributed by atoms with E-state index in [4.69, 9.17) is 11.6 Å². The summed E-state index contributed by atoms with van der Waals surface area (Å²) < 4.78 is 0. The number of amidine groups is 1. The molecule has 3 aromatic rings. The highest BCUT2D eigenvalue weighted by Crippen LogP contribution is 2.30. The molecule has 1 aromatic heterocycles. The minimum absolute atomic E-state index is 0.310. The highest BCUT2D eigenvalue weighted by atomic mass is 35.5. The largest absolute Gasteiger partial charge is 0.361 e. The average Bonchev–Trinajstić information content (AvgIpc) is 3.05.